The number of aromatic nitrogens is 5. The molecular formula is C17H20N6O2S. The lowest BCUT2D eigenvalue weighted by atomic mass is 10.3. The maximum Gasteiger partial charge on any atom is 0.243 e. The summed E-state index contributed by atoms with van der Waals surface area (Å²) in [6, 6.07) is 9.37. The first-order chi connectivity index (χ1) is 12.6. The van der Waals surface area contributed by atoms with Crippen molar-refractivity contribution < 1.29 is 9.53 Å². The molecule has 0 spiro atoms. The van der Waals surface area contributed by atoms with Gasteiger partial charge in [-0.2, -0.15) is 0 Å². The van der Waals surface area contributed by atoms with Crippen LogP contribution in [0.3, 0.4) is 0 Å². The molecule has 0 bridgehead atoms. The number of aryl methyl sites for hydroxylation is 1. The zero-order valence-corrected chi connectivity index (χ0v) is 15.7. The molecule has 0 atom stereocenters. The number of hydrogen-bond donors (Lipinski definition) is 1. The van der Waals surface area contributed by atoms with Crippen molar-refractivity contribution >= 4 is 23.4 Å². The molecule has 3 rings (SSSR count). The van der Waals surface area contributed by atoms with Gasteiger partial charge in [-0.05, 0) is 19.1 Å². The van der Waals surface area contributed by atoms with E-state index >= 15 is 0 Å². The van der Waals surface area contributed by atoms with Crippen LogP contribution < -0.4 is 10.1 Å². The lowest BCUT2D eigenvalue weighted by Gasteiger charge is -2.07. The van der Waals surface area contributed by atoms with Gasteiger partial charge in [0.2, 0.25) is 11.8 Å². The molecule has 0 aliphatic carbocycles. The van der Waals surface area contributed by atoms with Crippen LogP contribution in [0.4, 0.5) is 5.69 Å². The van der Waals surface area contributed by atoms with Crippen LogP contribution in [0, 0.1) is 0 Å². The zero-order valence-electron chi connectivity index (χ0n) is 14.8. The number of anilines is 1. The SMILES string of the molecule is CCn1c(SCC(=O)Nc2ccccc2)nnc1-c1cn(C)nc1OC. The summed E-state index contributed by atoms with van der Waals surface area (Å²) in [5.41, 5.74) is 1.54. The maximum absolute atomic E-state index is 12.1. The Kier molecular flexibility index (Phi) is 5.57. The number of nitrogens with zero attached hydrogens (tertiary/aromatic N) is 5. The topological polar surface area (TPSA) is 86.9 Å². The quantitative estimate of drug-likeness (QED) is 0.641. The third-order valence-electron chi connectivity index (χ3n) is 3.65. The Labute approximate surface area is 155 Å². The Morgan fingerprint density at radius 3 is 2.73 bits per heavy atom. The van der Waals surface area contributed by atoms with Crippen molar-refractivity contribution in [3.63, 3.8) is 0 Å². The van der Waals surface area contributed by atoms with E-state index in [0.717, 1.165) is 11.3 Å². The highest BCUT2D eigenvalue weighted by Crippen LogP contribution is 2.29. The predicted octanol–water partition coefficient (Wildman–Crippen LogP) is 2.44. The van der Waals surface area contributed by atoms with E-state index in [2.05, 4.69) is 20.6 Å². The van der Waals surface area contributed by atoms with Crippen LogP contribution in [0.5, 0.6) is 5.88 Å². The first kappa shape index (κ1) is 18.0. The molecule has 0 aliphatic heterocycles. The first-order valence-electron chi connectivity index (χ1n) is 8.11. The van der Waals surface area contributed by atoms with Crippen molar-refractivity contribution in [2.24, 2.45) is 7.05 Å². The van der Waals surface area contributed by atoms with Crippen molar-refractivity contribution in [1.29, 1.82) is 0 Å². The van der Waals surface area contributed by atoms with Crippen molar-refractivity contribution in [2.45, 2.75) is 18.6 Å². The fourth-order valence-corrected chi connectivity index (χ4v) is 3.30. The molecule has 0 saturated heterocycles. The summed E-state index contributed by atoms with van der Waals surface area (Å²) in [5, 5.41) is 16.3. The highest BCUT2D eigenvalue weighted by atomic mass is 32.2. The van der Waals surface area contributed by atoms with Gasteiger partial charge in [-0.3, -0.25) is 9.48 Å². The summed E-state index contributed by atoms with van der Waals surface area (Å²) in [6.07, 6.45) is 1.84. The summed E-state index contributed by atoms with van der Waals surface area (Å²) < 4.78 is 8.92. The maximum atomic E-state index is 12.1. The molecule has 0 unspecified atom stereocenters. The number of nitrogens with one attached hydrogen (secondary N) is 1. The molecule has 1 amide bonds. The highest BCUT2D eigenvalue weighted by Gasteiger charge is 2.20. The van der Waals surface area contributed by atoms with E-state index in [9.17, 15) is 4.79 Å². The minimum Gasteiger partial charge on any atom is -0.479 e. The molecule has 26 heavy (non-hydrogen) atoms. The van der Waals surface area contributed by atoms with E-state index in [1.165, 1.54) is 11.8 Å². The van der Waals surface area contributed by atoms with Gasteiger partial charge in [0.15, 0.2) is 11.0 Å². The smallest absolute Gasteiger partial charge is 0.243 e. The van der Waals surface area contributed by atoms with Crippen LogP contribution in [0.1, 0.15) is 6.92 Å². The second-order valence-corrected chi connectivity index (χ2v) is 6.42. The second-order valence-electron chi connectivity index (χ2n) is 5.48. The molecular weight excluding hydrogens is 352 g/mol. The summed E-state index contributed by atoms with van der Waals surface area (Å²) in [4.78, 5) is 12.1. The Bertz CT molecular complexity index is 890. The predicted molar refractivity (Wildman–Crippen MR) is 100 cm³/mol. The van der Waals surface area contributed by atoms with E-state index in [1.54, 1.807) is 11.8 Å². The molecule has 1 aromatic carbocycles. The average Bonchev–Trinajstić information content (AvgIpc) is 3.23. The van der Waals surface area contributed by atoms with Crippen molar-refractivity contribution in [3.8, 4) is 17.3 Å². The van der Waals surface area contributed by atoms with Crippen LogP contribution in [0.15, 0.2) is 41.7 Å². The molecule has 8 nitrogen and oxygen atoms in total. The van der Waals surface area contributed by atoms with Gasteiger partial charge in [-0.15, -0.1) is 15.3 Å². The Morgan fingerprint density at radius 2 is 2.04 bits per heavy atom. The Balaban J connectivity index is 1.73. The minimum absolute atomic E-state index is 0.0904. The average molecular weight is 372 g/mol. The molecule has 0 aliphatic rings. The van der Waals surface area contributed by atoms with Crippen molar-refractivity contribution in [1.82, 2.24) is 24.5 Å². The third-order valence-corrected chi connectivity index (χ3v) is 4.62. The van der Waals surface area contributed by atoms with E-state index in [-0.39, 0.29) is 11.7 Å². The number of carbonyl (C=O) groups is 1. The van der Waals surface area contributed by atoms with Crippen molar-refractivity contribution in [3.05, 3.63) is 36.5 Å². The molecule has 136 valence electrons. The van der Waals surface area contributed by atoms with Gasteiger partial charge in [-0.1, -0.05) is 30.0 Å². The van der Waals surface area contributed by atoms with Crippen molar-refractivity contribution in [2.75, 3.05) is 18.2 Å². The van der Waals surface area contributed by atoms with Gasteiger partial charge in [0, 0.05) is 25.5 Å². The number of amides is 1. The number of para-hydroxylation sites is 1. The van der Waals surface area contributed by atoms with Crippen LogP contribution in [-0.2, 0) is 18.4 Å². The number of ether oxygens (including phenoxy) is 1. The minimum atomic E-state index is -0.0904. The fraction of sp³-hybridized carbons (Fsp3) is 0.294. The molecule has 0 fully saturated rings. The number of rotatable bonds is 7. The lowest BCUT2D eigenvalue weighted by Crippen LogP contribution is -2.14. The van der Waals surface area contributed by atoms with Gasteiger partial charge in [0.1, 0.15) is 5.56 Å². The zero-order chi connectivity index (χ0) is 18.5. The molecule has 1 N–H and O–H groups in total. The lowest BCUT2D eigenvalue weighted by molar-refractivity contribution is -0.113. The van der Waals surface area contributed by atoms with Crippen LogP contribution in [-0.4, -0.2) is 43.3 Å². The summed E-state index contributed by atoms with van der Waals surface area (Å²) in [7, 11) is 3.39. The first-order valence-corrected chi connectivity index (χ1v) is 9.09. The third kappa shape index (κ3) is 3.88. The number of benzene rings is 1. The number of methoxy groups -OCH3 is 1. The van der Waals surface area contributed by atoms with E-state index < -0.39 is 0 Å². The van der Waals surface area contributed by atoms with Crippen LogP contribution in [0.25, 0.3) is 11.4 Å². The summed E-state index contributed by atoms with van der Waals surface area (Å²) >= 11 is 1.34. The van der Waals surface area contributed by atoms with Gasteiger partial charge >= 0.3 is 0 Å². The normalized spacial score (nSPS) is 10.7. The van der Waals surface area contributed by atoms with E-state index in [1.807, 2.05) is 55.1 Å². The largest absolute Gasteiger partial charge is 0.479 e. The Hall–Kier alpha value is -2.81. The van der Waals surface area contributed by atoms with E-state index in [0.29, 0.717) is 23.4 Å². The number of carbonyl (C=O) groups excluding carboxylic acids is 1. The van der Waals surface area contributed by atoms with Gasteiger partial charge < -0.3 is 14.6 Å². The number of hydrogen-bond acceptors (Lipinski definition) is 6. The highest BCUT2D eigenvalue weighted by molar-refractivity contribution is 7.99. The monoisotopic (exact) mass is 372 g/mol. The molecule has 2 aromatic heterocycles. The van der Waals surface area contributed by atoms with Gasteiger partial charge in [0.25, 0.3) is 0 Å². The van der Waals surface area contributed by atoms with Gasteiger partial charge in [-0.25, -0.2) is 0 Å². The number of thioether (sulfide) groups is 1. The second kappa shape index (κ2) is 8.05. The van der Waals surface area contributed by atoms with Gasteiger partial charge in [0.05, 0.1) is 12.9 Å². The fourth-order valence-electron chi connectivity index (χ4n) is 2.50. The van der Waals surface area contributed by atoms with E-state index in [4.69, 9.17) is 4.74 Å². The molecule has 3 aromatic rings. The molecule has 9 heteroatoms. The van der Waals surface area contributed by atoms with Crippen LogP contribution in [0.2, 0.25) is 0 Å². The molecule has 0 radical (unpaired) electrons. The summed E-state index contributed by atoms with van der Waals surface area (Å²) in [6.45, 7) is 2.67. The standard InChI is InChI=1S/C17H20N6O2S/c1-4-23-15(13-10-22(2)21-16(13)25-3)19-20-17(23)26-11-14(24)18-12-8-6-5-7-9-12/h5-10H,4,11H2,1-3H3,(H,18,24). The molecule has 0 saturated carbocycles. The summed E-state index contributed by atoms with van der Waals surface area (Å²) in [5.74, 6) is 1.32. The Morgan fingerprint density at radius 1 is 1.27 bits per heavy atom. The van der Waals surface area contributed by atoms with Crippen LogP contribution >= 0.6 is 11.8 Å². The molecule has 2 heterocycles.